The molecular formula is C25H27FN6O4S. The number of allylic oxidation sites excluding steroid dienone is 1. The van der Waals surface area contributed by atoms with Crippen molar-refractivity contribution in [2.24, 2.45) is 4.99 Å². The number of ether oxygens (including phenoxy) is 1. The number of nitrogens with zero attached hydrogens (tertiary/aromatic N) is 5. The maximum absolute atomic E-state index is 15.5. The molecule has 3 aromatic rings. The first-order valence-electron chi connectivity index (χ1n) is 11.9. The van der Waals surface area contributed by atoms with Gasteiger partial charge in [0.2, 0.25) is 5.43 Å². The van der Waals surface area contributed by atoms with Crippen LogP contribution in [0.25, 0.3) is 10.9 Å². The Kier molecular flexibility index (Phi) is 6.83. The molecule has 37 heavy (non-hydrogen) atoms. The van der Waals surface area contributed by atoms with Gasteiger partial charge in [-0.15, -0.1) is 11.3 Å². The smallest absolute Gasteiger partial charge is 0.341 e. The number of anilines is 1. The van der Waals surface area contributed by atoms with Crippen LogP contribution in [0.4, 0.5) is 10.1 Å². The molecule has 0 spiro atoms. The Labute approximate surface area is 216 Å². The van der Waals surface area contributed by atoms with Crippen LogP contribution in [-0.4, -0.2) is 71.3 Å². The minimum absolute atomic E-state index is 0.00970. The summed E-state index contributed by atoms with van der Waals surface area (Å²) in [7, 11) is 1.72. The number of nitrogens with one attached hydrogen (secondary N) is 1. The van der Waals surface area contributed by atoms with Crippen LogP contribution in [0.3, 0.4) is 0 Å². The third-order valence-corrected chi connectivity index (χ3v) is 7.39. The lowest BCUT2D eigenvalue weighted by atomic mass is 10.1. The molecule has 1 fully saturated rings. The number of guanidine groups is 1. The van der Waals surface area contributed by atoms with Gasteiger partial charge in [-0.2, -0.15) is 0 Å². The largest absolute Gasteiger partial charge is 0.487 e. The molecule has 0 aliphatic carbocycles. The molecule has 5 rings (SSSR count). The number of carboxylic acid groups (broad SMARTS) is 1. The molecule has 0 amide bonds. The standard InChI is InChI=1S/C25H27FN6O4S/c1-15-14-36-23-20-16(22(33)17(24(34)35)13-32(15)20)12-18(26)21(23)30-7-9-31(10-8-30)25(27-2)29-5-3-4-19-28-6-11-37-19/h3,5-6,11-13,15H,4,7-10,14H2,1-2H3,(H,27,29)(H,34,35)/b5-3-/t15-/m0/s1. The van der Waals surface area contributed by atoms with Gasteiger partial charge in [0.15, 0.2) is 17.5 Å². The van der Waals surface area contributed by atoms with Crippen molar-refractivity contribution in [3.8, 4) is 5.75 Å². The highest BCUT2D eigenvalue weighted by Crippen LogP contribution is 2.42. The molecule has 1 atom stereocenters. The Morgan fingerprint density at radius 3 is 2.84 bits per heavy atom. The quantitative estimate of drug-likeness (QED) is 0.386. The number of aromatic carboxylic acids is 1. The molecule has 1 saturated heterocycles. The summed E-state index contributed by atoms with van der Waals surface area (Å²) in [6.07, 6.45) is 7.69. The molecule has 10 nitrogen and oxygen atoms in total. The number of hydrogen-bond acceptors (Lipinski definition) is 7. The lowest BCUT2D eigenvalue weighted by molar-refractivity contribution is 0.0694. The average Bonchev–Trinajstić information content (AvgIpc) is 3.41. The summed E-state index contributed by atoms with van der Waals surface area (Å²) >= 11 is 1.60. The van der Waals surface area contributed by atoms with Gasteiger partial charge in [-0.25, -0.2) is 14.2 Å². The maximum Gasteiger partial charge on any atom is 0.341 e. The molecule has 4 heterocycles. The molecule has 2 N–H and O–H groups in total. The summed E-state index contributed by atoms with van der Waals surface area (Å²) in [5.41, 5.74) is -0.379. The number of hydrogen-bond donors (Lipinski definition) is 2. The summed E-state index contributed by atoms with van der Waals surface area (Å²) in [5.74, 6) is -0.945. The fraction of sp³-hybridized carbons (Fsp3) is 0.360. The van der Waals surface area contributed by atoms with Gasteiger partial charge in [0.25, 0.3) is 0 Å². The van der Waals surface area contributed by atoms with E-state index in [0.29, 0.717) is 37.4 Å². The van der Waals surface area contributed by atoms with E-state index in [4.69, 9.17) is 4.74 Å². The van der Waals surface area contributed by atoms with E-state index >= 15 is 4.39 Å². The molecule has 2 aromatic heterocycles. The van der Waals surface area contributed by atoms with Crippen LogP contribution in [0.5, 0.6) is 5.75 Å². The average molecular weight is 527 g/mol. The van der Waals surface area contributed by atoms with E-state index in [9.17, 15) is 14.7 Å². The van der Waals surface area contributed by atoms with Crippen molar-refractivity contribution in [1.82, 2.24) is 19.8 Å². The Morgan fingerprint density at radius 2 is 2.16 bits per heavy atom. The van der Waals surface area contributed by atoms with E-state index in [1.54, 1.807) is 29.1 Å². The third-order valence-electron chi connectivity index (χ3n) is 6.59. The maximum atomic E-state index is 15.5. The first-order valence-corrected chi connectivity index (χ1v) is 12.8. The fourth-order valence-electron chi connectivity index (χ4n) is 4.74. The number of pyridine rings is 1. The van der Waals surface area contributed by atoms with E-state index in [1.807, 2.05) is 29.5 Å². The zero-order chi connectivity index (χ0) is 26.1. The summed E-state index contributed by atoms with van der Waals surface area (Å²) in [6.45, 7) is 4.31. The van der Waals surface area contributed by atoms with Crippen LogP contribution in [0.1, 0.15) is 28.3 Å². The van der Waals surface area contributed by atoms with Gasteiger partial charge in [-0.1, -0.05) is 6.08 Å². The number of carboxylic acids is 1. The van der Waals surface area contributed by atoms with Gasteiger partial charge in [0.05, 0.1) is 22.0 Å². The number of aromatic nitrogens is 2. The third kappa shape index (κ3) is 4.64. The highest BCUT2D eigenvalue weighted by atomic mass is 32.1. The van der Waals surface area contributed by atoms with Crippen molar-refractivity contribution >= 4 is 39.9 Å². The summed E-state index contributed by atoms with van der Waals surface area (Å²) < 4.78 is 23.2. The van der Waals surface area contributed by atoms with E-state index in [1.165, 1.54) is 6.20 Å². The van der Waals surface area contributed by atoms with Crippen LogP contribution in [0.2, 0.25) is 0 Å². The minimum atomic E-state index is -1.34. The molecule has 0 unspecified atom stereocenters. The van der Waals surface area contributed by atoms with Crippen LogP contribution >= 0.6 is 11.3 Å². The zero-order valence-electron chi connectivity index (χ0n) is 20.5. The second-order valence-corrected chi connectivity index (χ2v) is 9.85. The Morgan fingerprint density at radius 1 is 1.38 bits per heavy atom. The topological polar surface area (TPSA) is 112 Å². The Balaban J connectivity index is 1.37. The first-order chi connectivity index (χ1) is 17.9. The number of halogens is 1. The number of piperazine rings is 1. The predicted octanol–water partition coefficient (Wildman–Crippen LogP) is 2.70. The second kappa shape index (κ2) is 10.2. The summed E-state index contributed by atoms with van der Waals surface area (Å²) in [5, 5.41) is 15.7. The van der Waals surface area contributed by atoms with Crippen LogP contribution in [0.15, 0.2) is 45.9 Å². The van der Waals surface area contributed by atoms with E-state index in [-0.39, 0.29) is 29.3 Å². The molecular weight excluding hydrogens is 499 g/mol. The highest BCUT2D eigenvalue weighted by Gasteiger charge is 2.31. The van der Waals surface area contributed by atoms with E-state index in [2.05, 4.69) is 20.2 Å². The van der Waals surface area contributed by atoms with Crippen molar-refractivity contribution in [2.45, 2.75) is 19.4 Å². The summed E-state index contributed by atoms with van der Waals surface area (Å²) in [6, 6.07) is 0.933. The molecule has 2 aliphatic heterocycles. The lowest BCUT2D eigenvalue weighted by Gasteiger charge is -2.39. The van der Waals surface area contributed by atoms with Crippen molar-refractivity contribution in [3.63, 3.8) is 0 Å². The highest BCUT2D eigenvalue weighted by molar-refractivity contribution is 7.09. The van der Waals surface area contributed by atoms with Gasteiger partial charge >= 0.3 is 5.97 Å². The zero-order valence-corrected chi connectivity index (χ0v) is 21.3. The molecule has 2 aliphatic rings. The van der Waals surface area contributed by atoms with E-state index < -0.39 is 17.2 Å². The summed E-state index contributed by atoms with van der Waals surface area (Å²) in [4.78, 5) is 37.1. The Bertz CT molecular complexity index is 1440. The van der Waals surface area contributed by atoms with Crippen molar-refractivity contribution in [2.75, 3.05) is 44.7 Å². The number of carbonyl (C=O) groups is 1. The molecule has 1 aromatic carbocycles. The Hall–Kier alpha value is -3.93. The lowest BCUT2D eigenvalue weighted by Crippen LogP contribution is -2.52. The number of aliphatic imine (C=N–C) groups is 1. The normalized spacial score (nSPS) is 17.9. The molecule has 0 radical (unpaired) electrons. The van der Waals surface area contributed by atoms with Crippen LogP contribution in [-0.2, 0) is 6.42 Å². The number of thiazole rings is 1. The van der Waals surface area contributed by atoms with Crippen molar-refractivity contribution < 1.29 is 19.0 Å². The van der Waals surface area contributed by atoms with Crippen LogP contribution < -0.4 is 20.4 Å². The van der Waals surface area contributed by atoms with Gasteiger partial charge in [-0.05, 0) is 13.0 Å². The number of rotatable bonds is 5. The first kappa shape index (κ1) is 24.8. The molecule has 12 heteroatoms. The molecule has 0 saturated carbocycles. The fourth-order valence-corrected chi connectivity index (χ4v) is 5.34. The van der Waals surface area contributed by atoms with Gasteiger partial charge < -0.3 is 29.5 Å². The van der Waals surface area contributed by atoms with Gasteiger partial charge in [0.1, 0.15) is 17.9 Å². The van der Waals surface area contributed by atoms with Gasteiger partial charge in [-0.3, -0.25) is 9.79 Å². The second-order valence-electron chi connectivity index (χ2n) is 8.87. The van der Waals surface area contributed by atoms with Gasteiger partial charge in [0, 0.05) is 63.6 Å². The van der Waals surface area contributed by atoms with Crippen molar-refractivity contribution in [1.29, 1.82) is 0 Å². The SMILES string of the molecule is CN=C(N/C=C\Cc1nccs1)N1CCN(c2c(F)cc3c(=O)c(C(=O)O)cn4c3c2OC[C@@H]4C)CC1. The number of benzene rings is 1. The van der Waals surface area contributed by atoms with Crippen LogP contribution in [0, 0.1) is 5.82 Å². The van der Waals surface area contributed by atoms with Crippen molar-refractivity contribution in [3.05, 3.63) is 62.7 Å². The van der Waals surface area contributed by atoms with E-state index in [0.717, 1.165) is 23.5 Å². The molecule has 194 valence electrons. The monoisotopic (exact) mass is 526 g/mol. The molecule has 0 bridgehead atoms. The minimum Gasteiger partial charge on any atom is -0.487 e. The predicted molar refractivity (Wildman–Crippen MR) is 141 cm³/mol.